The zero-order chi connectivity index (χ0) is 12.9. The number of rotatable bonds is 2. The van der Waals surface area contributed by atoms with Crippen LogP contribution >= 0.6 is 0 Å². The summed E-state index contributed by atoms with van der Waals surface area (Å²) in [5, 5.41) is 11.7. The van der Waals surface area contributed by atoms with Gasteiger partial charge in [-0.3, -0.25) is 0 Å². The van der Waals surface area contributed by atoms with Gasteiger partial charge in [-0.1, -0.05) is 25.5 Å². The molecule has 2 aromatic rings. The summed E-state index contributed by atoms with van der Waals surface area (Å²) in [6.45, 7) is 6.50. The molecule has 0 atom stereocenters. The second kappa shape index (κ2) is 3.86. The first-order valence-electron chi connectivity index (χ1n) is 6.71. The molecule has 0 unspecified atom stereocenters. The van der Waals surface area contributed by atoms with Crippen LogP contribution in [0, 0.1) is 18.8 Å². The van der Waals surface area contributed by atoms with Crippen molar-refractivity contribution < 1.29 is 9.52 Å². The van der Waals surface area contributed by atoms with Crippen LogP contribution < -0.4 is 0 Å². The fourth-order valence-electron chi connectivity index (χ4n) is 2.87. The van der Waals surface area contributed by atoms with Gasteiger partial charge in [0, 0.05) is 5.39 Å². The first-order chi connectivity index (χ1) is 8.48. The molecule has 1 aromatic carbocycles. The highest BCUT2D eigenvalue weighted by Crippen LogP contribution is 2.49. The van der Waals surface area contributed by atoms with Crippen molar-refractivity contribution in [3.8, 4) is 0 Å². The van der Waals surface area contributed by atoms with Gasteiger partial charge >= 0.3 is 0 Å². The largest absolute Gasteiger partial charge is 0.458 e. The topological polar surface area (TPSA) is 33.4 Å². The number of hydrogen-bond donors (Lipinski definition) is 1. The van der Waals surface area contributed by atoms with Crippen molar-refractivity contribution >= 4 is 11.0 Å². The van der Waals surface area contributed by atoms with E-state index >= 15 is 0 Å². The van der Waals surface area contributed by atoms with E-state index in [-0.39, 0.29) is 0 Å². The predicted molar refractivity (Wildman–Crippen MR) is 72.4 cm³/mol. The van der Waals surface area contributed by atoms with Gasteiger partial charge in [-0.25, -0.2) is 0 Å². The summed E-state index contributed by atoms with van der Waals surface area (Å²) in [4.78, 5) is 0. The Kier molecular flexibility index (Phi) is 2.53. The van der Waals surface area contributed by atoms with E-state index in [0.717, 1.165) is 29.6 Å². The lowest BCUT2D eigenvalue weighted by Crippen LogP contribution is -2.42. The van der Waals surface area contributed by atoms with E-state index < -0.39 is 5.60 Å². The zero-order valence-corrected chi connectivity index (χ0v) is 11.2. The van der Waals surface area contributed by atoms with Gasteiger partial charge in [0.05, 0.1) is 0 Å². The predicted octanol–water partition coefficient (Wildman–Crippen LogP) is 3.99. The normalized spacial score (nSPS) is 27.7. The van der Waals surface area contributed by atoms with Crippen LogP contribution in [0.25, 0.3) is 11.0 Å². The average Bonchev–Trinajstić information content (AvgIpc) is 2.67. The maximum absolute atomic E-state index is 10.6. The van der Waals surface area contributed by atoms with Crippen LogP contribution in [0.5, 0.6) is 0 Å². The zero-order valence-electron chi connectivity index (χ0n) is 11.2. The number of aryl methyl sites for hydroxylation is 1. The molecule has 18 heavy (non-hydrogen) atoms. The Hall–Kier alpha value is -1.28. The minimum atomic E-state index is -0.734. The van der Waals surface area contributed by atoms with Crippen molar-refractivity contribution in [1.29, 1.82) is 0 Å². The van der Waals surface area contributed by atoms with E-state index in [9.17, 15) is 5.11 Å². The first kappa shape index (κ1) is 11.8. The summed E-state index contributed by atoms with van der Waals surface area (Å²) in [6.07, 6.45) is 1.65. The Balaban J connectivity index is 1.91. The van der Waals surface area contributed by atoms with E-state index in [4.69, 9.17) is 4.42 Å². The lowest BCUT2D eigenvalue weighted by Gasteiger charge is -2.44. The van der Waals surface area contributed by atoms with Crippen LogP contribution in [0.4, 0.5) is 0 Å². The maximum Gasteiger partial charge on any atom is 0.136 e. The fraction of sp³-hybridized carbons (Fsp3) is 0.500. The first-order valence-corrected chi connectivity index (χ1v) is 6.71. The van der Waals surface area contributed by atoms with Crippen molar-refractivity contribution in [2.45, 2.75) is 39.2 Å². The molecule has 0 amide bonds. The van der Waals surface area contributed by atoms with E-state index in [1.807, 2.05) is 18.2 Å². The van der Waals surface area contributed by atoms with E-state index in [2.05, 4.69) is 26.8 Å². The molecule has 1 heterocycles. The molecule has 2 nitrogen and oxygen atoms in total. The van der Waals surface area contributed by atoms with Crippen molar-refractivity contribution in [3.05, 3.63) is 35.6 Å². The highest BCUT2D eigenvalue weighted by molar-refractivity contribution is 5.78. The Morgan fingerprint density at radius 2 is 2.00 bits per heavy atom. The quantitative estimate of drug-likeness (QED) is 0.866. The van der Waals surface area contributed by atoms with Crippen molar-refractivity contribution in [3.63, 3.8) is 0 Å². The lowest BCUT2D eigenvalue weighted by molar-refractivity contribution is -0.107. The van der Waals surface area contributed by atoms with E-state index in [0.29, 0.717) is 11.8 Å². The molecule has 0 saturated heterocycles. The molecule has 96 valence electrons. The SMILES string of the molecule is Cc1ccc2oc(C3(O)CC(C(C)C)C3)cc2c1. The number of fused-ring (bicyclic) bond motifs is 1. The van der Waals surface area contributed by atoms with E-state index in [1.54, 1.807) is 0 Å². The summed E-state index contributed by atoms with van der Waals surface area (Å²) in [5.41, 5.74) is 1.36. The minimum Gasteiger partial charge on any atom is -0.458 e. The molecule has 1 N–H and O–H groups in total. The molecule has 0 spiro atoms. The maximum atomic E-state index is 10.6. The Labute approximate surface area is 108 Å². The highest BCUT2D eigenvalue weighted by atomic mass is 16.4. The molecule has 2 heteroatoms. The third-order valence-corrected chi connectivity index (χ3v) is 4.27. The highest BCUT2D eigenvalue weighted by Gasteiger charge is 2.47. The molecule has 1 saturated carbocycles. The van der Waals surface area contributed by atoms with Crippen LogP contribution in [0.15, 0.2) is 28.7 Å². The molecule has 0 bridgehead atoms. The number of aliphatic hydroxyl groups is 1. The molecular weight excluding hydrogens is 224 g/mol. The monoisotopic (exact) mass is 244 g/mol. The molecular formula is C16H20O2. The van der Waals surface area contributed by atoms with Gasteiger partial charge in [-0.2, -0.15) is 0 Å². The van der Waals surface area contributed by atoms with E-state index in [1.165, 1.54) is 5.56 Å². The third-order valence-electron chi connectivity index (χ3n) is 4.27. The summed E-state index contributed by atoms with van der Waals surface area (Å²) < 4.78 is 5.81. The molecule has 3 rings (SSSR count). The number of benzene rings is 1. The van der Waals surface area contributed by atoms with Crippen LogP contribution in [-0.4, -0.2) is 5.11 Å². The molecule has 1 aliphatic carbocycles. The summed E-state index contributed by atoms with van der Waals surface area (Å²) in [6, 6.07) is 8.12. The van der Waals surface area contributed by atoms with Crippen LogP contribution in [-0.2, 0) is 5.60 Å². The fourth-order valence-corrected chi connectivity index (χ4v) is 2.87. The average molecular weight is 244 g/mol. The molecule has 1 aromatic heterocycles. The van der Waals surface area contributed by atoms with Crippen LogP contribution in [0.3, 0.4) is 0 Å². The van der Waals surface area contributed by atoms with Gasteiger partial charge in [-0.05, 0) is 49.8 Å². The van der Waals surface area contributed by atoms with Crippen LogP contribution in [0.2, 0.25) is 0 Å². The van der Waals surface area contributed by atoms with Crippen molar-refractivity contribution in [1.82, 2.24) is 0 Å². The lowest BCUT2D eigenvalue weighted by atomic mass is 9.65. The Morgan fingerprint density at radius 1 is 1.28 bits per heavy atom. The van der Waals surface area contributed by atoms with Gasteiger partial charge < -0.3 is 9.52 Å². The second-order valence-corrected chi connectivity index (χ2v) is 6.10. The van der Waals surface area contributed by atoms with Gasteiger partial charge in [0.1, 0.15) is 16.9 Å². The van der Waals surface area contributed by atoms with Gasteiger partial charge in [0.25, 0.3) is 0 Å². The minimum absolute atomic E-state index is 0.616. The summed E-state index contributed by atoms with van der Waals surface area (Å²) >= 11 is 0. The summed E-state index contributed by atoms with van der Waals surface area (Å²) in [5.74, 6) is 1.99. The number of furan rings is 1. The standard InChI is InChI=1S/C16H20O2/c1-10(2)13-8-16(17,9-13)15-7-12-6-11(3)4-5-14(12)18-15/h4-7,10,13,17H,8-9H2,1-3H3. The smallest absolute Gasteiger partial charge is 0.136 e. The Morgan fingerprint density at radius 3 is 2.67 bits per heavy atom. The third kappa shape index (κ3) is 1.76. The second-order valence-electron chi connectivity index (χ2n) is 6.10. The van der Waals surface area contributed by atoms with Crippen LogP contribution in [0.1, 0.15) is 38.0 Å². The molecule has 0 aliphatic heterocycles. The molecule has 1 fully saturated rings. The van der Waals surface area contributed by atoms with Gasteiger partial charge in [0.2, 0.25) is 0 Å². The Bertz CT molecular complexity index is 574. The molecule has 1 aliphatic rings. The van der Waals surface area contributed by atoms with Crippen molar-refractivity contribution in [2.75, 3.05) is 0 Å². The number of hydrogen-bond acceptors (Lipinski definition) is 2. The van der Waals surface area contributed by atoms with Gasteiger partial charge in [-0.15, -0.1) is 0 Å². The summed E-state index contributed by atoms with van der Waals surface area (Å²) in [7, 11) is 0. The van der Waals surface area contributed by atoms with Gasteiger partial charge in [0.15, 0.2) is 0 Å². The van der Waals surface area contributed by atoms with Crippen molar-refractivity contribution in [2.24, 2.45) is 11.8 Å². The molecule has 0 radical (unpaired) electrons.